The lowest BCUT2D eigenvalue weighted by molar-refractivity contribution is -0.118. The van der Waals surface area contributed by atoms with Crippen molar-refractivity contribution in [2.45, 2.75) is 32.6 Å². The summed E-state index contributed by atoms with van der Waals surface area (Å²) in [6.07, 6.45) is 14.1. The number of carbonyl (C=O) groups is 2. The van der Waals surface area contributed by atoms with Gasteiger partial charge in [0.1, 0.15) is 5.82 Å². The Hall–Kier alpha value is -5.56. The number of nitrogens with one attached hydrogen (secondary N) is 1. The van der Waals surface area contributed by atoms with E-state index in [4.69, 9.17) is 11.5 Å². The monoisotopic (exact) mass is 638 g/mol. The van der Waals surface area contributed by atoms with Gasteiger partial charge in [-0.2, -0.15) is 0 Å². The highest BCUT2D eigenvalue weighted by atomic mass is 32.2. The molecule has 5 aromatic rings. The molecule has 2 amide bonds. The smallest absolute Gasteiger partial charge is 0.230 e. The summed E-state index contributed by atoms with van der Waals surface area (Å²) in [5.41, 5.74) is 18.7. The molecule has 0 spiro atoms. The first-order valence-corrected chi connectivity index (χ1v) is 16.1. The van der Waals surface area contributed by atoms with E-state index >= 15 is 0 Å². The van der Waals surface area contributed by atoms with Gasteiger partial charge in [0.15, 0.2) is 0 Å². The van der Waals surface area contributed by atoms with Gasteiger partial charge in [0.2, 0.25) is 21.8 Å². The van der Waals surface area contributed by atoms with Crippen molar-refractivity contribution in [3.63, 3.8) is 0 Å². The van der Waals surface area contributed by atoms with E-state index in [2.05, 4.69) is 29.6 Å². The highest BCUT2D eigenvalue weighted by molar-refractivity contribution is 7.92. The first-order valence-electron chi connectivity index (χ1n) is 14.2. The summed E-state index contributed by atoms with van der Waals surface area (Å²) in [5, 5.41) is 0. The molecule has 0 aliphatic heterocycles. The topological polar surface area (TPSA) is 197 Å². The fourth-order valence-electron chi connectivity index (χ4n) is 4.60. The van der Waals surface area contributed by atoms with E-state index in [0.717, 1.165) is 50.9 Å². The van der Waals surface area contributed by atoms with Gasteiger partial charge in [-0.3, -0.25) is 34.2 Å². The number of nitrogens with zero attached hydrogens (tertiary/aromatic N) is 5. The fraction of sp³-hybridized carbons (Fsp3) is 0.182. The molecule has 5 N–H and O–H groups in total. The lowest BCUT2D eigenvalue weighted by Gasteiger charge is -2.13. The molecular weight excluding hydrogens is 604 g/mol. The predicted molar refractivity (Wildman–Crippen MR) is 176 cm³/mol. The summed E-state index contributed by atoms with van der Waals surface area (Å²) in [5.74, 6) is -0.455. The first kappa shape index (κ1) is 33.3. The van der Waals surface area contributed by atoms with Crippen molar-refractivity contribution < 1.29 is 18.0 Å². The number of sulfonamides is 1. The average Bonchev–Trinajstić information content (AvgIpc) is 3.03. The number of amides is 2. The van der Waals surface area contributed by atoms with E-state index in [1.54, 1.807) is 49.3 Å². The molecule has 0 aliphatic carbocycles. The van der Waals surface area contributed by atoms with E-state index in [0.29, 0.717) is 25.0 Å². The molecule has 46 heavy (non-hydrogen) atoms. The van der Waals surface area contributed by atoms with Gasteiger partial charge >= 0.3 is 0 Å². The van der Waals surface area contributed by atoms with Crippen molar-refractivity contribution in [2.24, 2.45) is 11.5 Å². The number of hydrogen-bond donors (Lipinski definition) is 3. The van der Waals surface area contributed by atoms with Gasteiger partial charge in [-0.1, -0.05) is 24.3 Å². The minimum absolute atomic E-state index is 0.191. The van der Waals surface area contributed by atoms with Gasteiger partial charge < -0.3 is 11.5 Å². The second-order valence-corrected chi connectivity index (χ2v) is 12.2. The Bertz CT molecular complexity index is 1920. The molecule has 13 heteroatoms. The summed E-state index contributed by atoms with van der Waals surface area (Å²) in [7, 11) is -3.44. The third-order valence-electron chi connectivity index (χ3n) is 6.81. The number of nitrogens with two attached hydrogens (primary N) is 2. The van der Waals surface area contributed by atoms with Crippen LogP contribution < -0.4 is 16.2 Å². The minimum atomic E-state index is -3.44. The van der Waals surface area contributed by atoms with Crippen molar-refractivity contribution in [2.75, 3.05) is 11.0 Å². The summed E-state index contributed by atoms with van der Waals surface area (Å²) >= 11 is 0. The molecule has 12 nitrogen and oxygen atoms in total. The molecule has 0 radical (unpaired) electrons. The SMILES string of the molecule is CS(=O)(=O)Nc1cc(-c2ccc(-c3cnccn3)cc2CCC(N)=O)ccn1.Cc1ccc(-c2cnccn2)cc1CCC(N)=O. The van der Waals surface area contributed by atoms with E-state index in [9.17, 15) is 18.0 Å². The molecule has 0 saturated heterocycles. The maximum atomic E-state index is 11.5. The molecule has 3 aromatic heterocycles. The Morgan fingerprint density at radius 2 is 1.26 bits per heavy atom. The van der Waals surface area contributed by atoms with Crippen molar-refractivity contribution >= 4 is 27.7 Å². The number of anilines is 1. The van der Waals surface area contributed by atoms with Crippen LogP contribution in [0.5, 0.6) is 0 Å². The van der Waals surface area contributed by atoms with E-state index < -0.39 is 15.9 Å². The van der Waals surface area contributed by atoms with Crippen LogP contribution in [-0.4, -0.2) is 51.4 Å². The molecular formula is C33H34N8O4S. The number of carbonyl (C=O) groups excluding carboxylic acids is 2. The first-order chi connectivity index (χ1) is 22.0. The molecule has 0 aliphatic rings. The molecule has 3 heterocycles. The normalized spacial score (nSPS) is 10.8. The van der Waals surface area contributed by atoms with Gasteiger partial charge in [-0.15, -0.1) is 0 Å². The van der Waals surface area contributed by atoms with Crippen LogP contribution in [0.1, 0.15) is 29.5 Å². The van der Waals surface area contributed by atoms with Crippen LogP contribution in [0.4, 0.5) is 5.82 Å². The van der Waals surface area contributed by atoms with Crippen molar-refractivity contribution in [1.82, 2.24) is 24.9 Å². The lowest BCUT2D eigenvalue weighted by Crippen LogP contribution is -2.12. The number of benzene rings is 2. The van der Waals surface area contributed by atoms with Crippen LogP contribution in [0.15, 0.2) is 91.9 Å². The number of rotatable bonds is 11. The standard InChI is InChI=1S/C19H19N5O3S.C14H15N3O/c1-28(26,27)24-19-11-14(6-7-23-19)16-4-2-15(17-12-21-8-9-22-17)10-13(16)3-5-18(20)25;1-10-2-3-12(13-9-16-6-7-17-13)8-11(10)4-5-14(15)18/h2,4,6-12H,3,5H2,1H3,(H2,20,25)(H,23,24);2-3,6-9H,4-5H2,1H3,(H2,15,18). The zero-order valence-corrected chi connectivity index (χ0v) is 26.2. The summed E-state index contributed by atoms with van der Waals surface area (Å²) in [6, 6.07) is 15.2. The quantitative estimate of drug-likeness (QED) is 0.192. The van der Waals surface area contributed by atoms with Crippen molar-refractivity contribution in [1.29, 1.82) is 0 Å². The molecule has 0 atom stereocenters. The fourth-order valence-corrected chi connectivity index (χ4v) is 5.09. The second-order valence-electron chi connectivity index (χ2n) is 10.4. The average molecular weight is 639 g/mol. The maximum absolute atomic E-state index is 11.5. The Labute approximate surface area is 267 Å². The number of pyridine rings is 1. The van der Waals surface area contributed by atoms with Crippen LogP contribution in [-0.2, 0) is 32.5 Å². The number of hydrogen-bond acceptors (Lipinski definition) is 9. The summed E-state index contributed by atoms with van der Waals surface area (Å²) < 4.78 is 25.3. The highest BCUT2D eigenvalue weighted by Gasteiger charge is 2.12. The molecule has 0 fully saturated rings. The second kappa shape index (κ2) is 15.4. The minimum Gasteiger partial charge on any atom is -0.370 e. The Morgan fingerprint density at radius 3 is 1.80 bits per heavy atom. The maximum Gasteiger partial charge on any atom is 0.230 e. The molecule has 236 valence electrons. The van der Waals surface area contributed by atoms with E-state index in [1.807, 2.05) is 43.3 Å². The van der Waals surface area contributed by atoms with Crippen LogP contribution in [0.2, 0.25) is 0 Å². The Kier molecular flexibility index (Phi) is 11.2. The summed E-state index contributed by atoms with van der Waals surface area (Å²) in [4.78, 5) is 42.9. The van der Waals surface area contributed by atoms with Crippen LogP contribution in [0.3, 0.4) is 0 Å². The Balaban J connectivity index is 0.000000230. The van der Waals surface area contributed by atoms with Crippen molar-refractivity contribution in [3.8, 4) is 33.6 Å². The third-order valence-corrected chi connectivity index (χ3v) is 7.39. The number of aromatic nitrogens is 5. The largest absolute Gasteiger partial charge is 0.370 e. The van der Waals surface area contributed by atoms with Gasteiger partial charge in [0.25, 0.3) is 0 Å². The van der Waals surface area contributed by atoms with E-state index in [-0.39, 0.29) is 18.1 Å². The molecule has 2 aromatic carbocycles. The lowest BCUT2D eigenvalue weighted by atomic mass is 9.94. The van der Waals surface area contributed by atoms with Gasteiger partial charge in [0.05, 0.1) is 30.0 Å². The zero-order chi connectivity index (χ0) is 33.1. The summed E-state index contributed by atoms with van der Waals surface area (Å²) in [6.45, 7) is 2.02. The van der Waals surface area contributed by atoms with E-state index in [1.165, 1.54) is 6.20 Å². The third kappa shape index (κ3) is 9.99. The number of aryl methyl sites for hydroxylation is 3. The van der Waals surface area contributed by atoms with Gasteiger partial charge in [0, 0.05) is 55.0 Å². The number of primary amides is 2. The highest BCUT2D eigenvalue weighted by Crippen LogP contribution is 2.30. The molecule has 0 bridgehead atoms. The zero-order valence-electron chi connectivity index (χ0n) is 25.4. The van der Waals surface area contributed by atoms with Crippen LogP contribution >= 0.6 is 0 Å². The van der Waals surface area contributed by atoms with Crippen LogP contribution in [0, 0.1) is 6.92 Å². The predicted octanol–water partition coefficient (Wildman–Crippen LogP) is 3.86. The molecule has 0 unspecified atom stereocenters. The van der Waals surface area contributed by atoms with Crippen LogP contribution in [0.25, 0.3) is 33.6 Å². The molecule has 5 rings (SSSR count). The van der Waals surface area contributed by atoms with Crippen molar-refractivity contribution in [3.05, 3.63) is 109 Å². The van der Waals surface area contributed by atoms with Gasteiger partial charge in [-0.05, 0) is 71.8 Å². The Morgan fingerprint density at radius 1 is 0.696 bits per heavy atom. The molecule has 0 saturated carbocycles. The van der Waals surface area contributed by atoms with Gasteiger partial charge in [-0.25, -0.2) is 13.4 Å².